The Balaban J connectivity index is 0.992. The van der Waals surface area contributed by atoms with Gasteiger partial charge in [-0.3, -0.25) is 19.2 Å². The van der Waals surface area contributed by atoms with Gasteiger partial charge in [0.15, 0.2) is 24.3 Å². The Morgan fingerprint density at radius 3 is 2.36 bits per heavy atom. The molecule has 16 nitrogen and oxygen atoms in total. The molecule has 4 amide bonds. The summed E-state index contributed by atoms with van der Waals surface area (Å²) in [6.45, 7) is 9.17. The lowest BCUT2D eigenvalue weighted by Gasteiger charge is -2.59. The monoisotopic (exact) mass is 849 g/mol. The van der Waals surface area contributed by atoms with Crippen molar-refractivity contribution in [3.05, 3.63) is 53.6 Å². The smallest absolute Gasteiger partial charge is 0.409 e. The highest BCUT2D eigenvalue weighted by molar-refractivity contribution is 6.01. The molecule has 3 saturated carbocycles. The summed E-state index contributed by atoms with van der Waals surface area (Å²) in [5, 5.41) is 17.2. The highest BCUT2D eigenvalue weighted by atomic mass is 16.7. The van der Waals surface area contributed by atoms with Crippen LogP contribution >= 0.6 is 0 Å². The van der Waals surface area contributed by atoms with Crippen LogP contribution in [-0.2, 0) is 44.7 Å². The van der Waals surface area contributed by atoms with Gasteiger partial charge in [0.05, 0.1) is 24.8 Å². The number of amides is 4. The molecule has 5 aliphatic rings. The van der Waals surface area contributed by atoms with Crippen molar-refractivity contribution in [2.45, 2.75) is 110 Å². The average Bonchev–Trinajstić information content (AvgIpc) is 3.71. The summed E-state index contributed by atoms with van der Waals surface area (Å²) in [4.78, 5) is 79.7. The van der Waals surface area contributed by atoms with Crippen molar-refractivity contribution >= 4 is 41.3 Å². The fourth-order valence-electron chi connectivity index (χ4n) is 10.6. The number of allylic oxidation sites excluding steroid dienone is 4. The molecule has 1 saturated heterocycles. The summed E-state index contributed by atoms with van der Waals surface area (Å²) in [5.74, 6) is -1.40. The largest absolute Gasteiger partial charge is 0.445 e. The zero-order valence-electron chi connectivity index (χ0n) is 36.4. The van der Waals surface area contributed by atoms with Gasteiger partial charge < -0.3 is 50.2 Å². The number of anilines is 1. The maximum absolute atomic E-state index is 14.5. The third kappa shape index (κ3) is 9.00. The first kappa shape index (κ1) is 45.9. The van der Waals surface area contributed by atoms with Crippen LogP contribution in [0.2, 0.25) is 0 Å². The molecule has 1 heterocycles. The lowest BCUT2D eigenvalue weighted by molar-refractivity contribution is -0.200. The number of ketones is 2. The van der Waals surface area contributed by atoms with Crippen molar-refractivity contribution in [3.63, 3.8) is 0 Å². The van der Waals surface area contributed by atoms with Crippen LogP contribution in [0, 0.1) is 34.5 Å². The molecule has 61 heavy (non-hydrogen) atoms. The number of carbonyl (C=O) groups is 6. The molecule has 334 valence electrons. The van der Waals surface area contributed by atoms with Crippen molar-refractivity contribution < 1.29 is 52.8 Å². The molecule has 0 bridgehead atoms. The van der Waals surface area contributed by atoms with Gasteiger partial charge >= 0.3 is 12.2 Å². The number of aliphatic hydroxyl groups excluding tert-OH is 1. The van der Waals surface area contributed by atoms with Crippen LogP contribution in [0.4, 0.5) is 15.3 Å². The molecule has 10 atom stereocenters. The quantitative estimate of drug-likeness (QED) is 0.196. The van der Waals surface area contributed by atoms with E-state index in [0.29, 0.717) is 30.5 Å². The third-order valence-corrected chi connectivity index (χ3v) is 14.0. The summed E-state index contributed by atoms with van der Waals surface area (Å²) in [6, 6.07) is 5.97. The molecule has 1 aromatic rings. The summed E-state index contributed by atoms with van der Waals surface area (Å²) >= 11 is 0. The Kier molecular flexibility index (Phi) is 13.8. The number of hydrogen-bond donors (Lipinski definition) is 4. The van der Waals surface area contributed by atoms with Gasteiger partial charge in [0, 0.05) is 49.6 Å². The fraction of sp³-hybridized carbons (Fsp3) is 0.644. The number of benzene rings is 1. The number of nitrogens with one attached hydrogen (secondary N) is 2. The van der Waals surface area contributed by atoms with Gasteiger partial charge in [0.2, 0.25) is 17.6 Å². The lowest BCUT2D eigenvalue weighted by Crippen LogP contribution is -2.63. The number of hydrogen-bond acceptors (Lipinski definition) is 12. The molecule has 4 fully saturated rings. The Labute approximate surface area is 357 Å². The summed E-state index contributed by atoms with van der Waals surface area (Å²) in [6.07, 6.45) is 5.71. The van der Waals surface area contributed by atoms with Crippen LogP contribution in [-0.4, -0.2) is 121 Å². The maximum Gasteiger partial charge on any atom is 0.409 e. The summed E-state index contributed by atoms with van der Waals surface area (Å²) in [7, 11) is 3.05. The molecule has 1 aromatic carbocycles. The van der Waals surface area contributed by atoms with E-state index in [2.05, 4.69) is 17.6 Å². The van der Waals surface area contributed by atoms with Crippen LogP contribution in [0.3, 0.4) is 0 Å². The van der Waals surface area contributed by atoms with Crippen LogP contribution in [0.1, 0.15) is 78.7 Å². The van der Waals surface area contributed by atoms with E-state index in [1.807, 2.05) is 33.8 Å². The lowest BCUT2D eigenvalue weighted by atomic mass is 9.46. The number of nitrogens with zero attached hydrogens (tertiary/aromatic N) is 2. The van der Waals surface area contributed by atoms with E-state index in [9.17, 15) is 33.9 Å². The Hall–Kier alpha value is -4.64. The van der Waals surface area contributed by atoms with Crippen LogP contribution in [0.5, 0.6) is 0 Å². The number of aliphatic hydroxyl groups is 1. The van der Waals surface area contributed by atoms with Gasteiger partial charge in [-0.2, -0.15) is 0 Å². The molecule has 0 aromatic heterocycles. The first-order valence-corrected chi connectivity index (χ1v) is 21.5. The number of rotatable bonds is 15. The van der Waals surface area contributed by atoms with E-state index in [0.717, 1.165) is 24.8 Å². The molecule has 5 N–H and O–H groups in total. The van der Waals surface area contributed by atoms with Crippen LogP contribution in [0.15, 0.2) is 48.1 Å². The number of likely N-dealkylation sites (N-methyl/N-ethyl adjacent to an activating group) is 2. The predicted molar refractivity (Wildman–Crippen MR) is 223 cm³/mol. The number of fused-ring (bicyclic) bond motifs is 7. The number of carbonyl (C=O) groups excluding carboxylic acids is 6. The molecule has 4 aliphatic carbocycles. The van der Waals surface area contributed by atoms with E-state index < -0.39 is 77.4 Å². The Morgan fingerprint density at radius 1 is 1.03 bits per heavy atom. The van der Waals surface area contributed by atoms with E-state index in [1.54, 1.807) is 36.4 Å². The first-order valence-electron chi connectivity index (χ1n) is 21.5. The Bertz CT molecular complexity index is 1920. The van der Waals surface area contributed by atoms with Crippen molar-refractivity contribution in [1.29, 1.82) is 0 Å². The molecular weight excluding hydrogens is 787 g/mol. The van der Waals surface area contributed by atoms with Gasteiger partial charge in [-0.05, 0) is 79.7 Å². The van der Waals surface area contributed by atoms with Crippen molar-refractivity contribution in [1.82, 2.24) is 15.1 Å². The minimum absolute atomic E-state index is 0.0100. The summed E-state index contributed by atoms with van der Waals surface area (Å²) in [5.41, 5.74) is 5.33. The molecule has 0 radical (unpaired) electrons. The predicted octanol–water partition coefficient (Wildman–Crippen LogP) is 4.10. The second-order valence-electron chi connectivity index (χ2n) is 18.3. The van der Waals surface area contributed by atoms with Gasteiger partial charge in [-0.25, -0.2) is 9.59 Å². The standard InChI is InChI=1S/C45H63N5O11/c1-8-9-37-60-35-21-32-31-15-12-28-20-30(51)16-17-43(28,4)38(31)33(52)22-44(32,5)45(35,61-37)34(53)25-59-42(57)50(7)19-18-49(6)41(56)58-24-27-10-13-29(14-11-27)48-36(54)23-47-40(55)39(46)26(2)3/h10-11,13-14,16-17,20,26,31-33,35,37-39,52H,8-9,12,15,18-19,21-25,46H2,1-7H3,(H,47,55)(H,48,54)/t31-,32?,33-,35+,37?,38?,39?,43-,44-,45+/m0/s1. The topological polar surface area (TPSA) is 216 Å². The Morgan fingerprint density at radius 2 is 1.70 bits per heavy atom. The summed E-state index contributed by atoms with van der Waals surface area (Å²) < 4.78 is 24.2. The number of nitrogens with two attached hydrogens (primary N) is 1. The molecule has 1 aliphatic heterocycles. The first-order chi connectivity index (χ1) is 28.8. The van der Waals surface area contributed by atoms with E-state index in [4.69, 9.17) is 24.7 Å². The maximum atomic E-state index is 14.5. The highest BCUT2D eigenvalue weighted by Gasteiger charge is 2.76. The minimum atomic E-state index is -1.42. The average molecular weight is 850 g/mol. The SMILES string of the molecule is CCCC1O[C@@H]2CC3[C@@H]4CCC5=CC(=O)C=C[C@]5(C)C4[C@@H](O)C[C@]3(C)[C@]2(C(=O)COC(=O)N(C)CCN(C)C(=O)OCc2ccc(NC(=O)CNC(=O)C(N)C(C)C)cc2)O1. The third-order valence-electron chi connectivity index (χ3n) is 14.0. The highest BCUT2D eigenvalue weighted by Crippen LogP contribution is 2.69. The van der Waals surface area contributed by atoms with E-state index >= 15 is 0 Å². The molecule has 0 spiro atoms. The zero-order valence-corrected chi connectivity index (χ0v) is 36.4. The molecule has 16 heteroatoms. The van der Waals surface area contributed by atoms with Crippen LogP contribution in [0.25, 0.3) is 0 Å². The normalized spacial score (nSPS) is 31.4. The van der Waals surface area contributed by atoms with Gasteiger partial charge in [-0.15, -0.1) is 0 Å². The van der Waals surface area contributed by atoms with Gasteiger partial charge in [0.25, 0.3) is 0 Å². The van der Waals surface area contributed by atoms with E-state index in [-0.39, 0.29) is 55.7 Å². The second kappa shape index (κ2) is 18.4. The molecule has 6 rings (SSSR count). The zero-order chi connectivity index (χ0) is 44.4. The number of Topliss-reactive ketones (excluding diaryl/α,β-unsaturated/α-hetero) is 1. The van der Waals surface area contributed by atoms with Gasteiger partial charge in [0.1, 0.15) is 6.61 Å². The van der Waals surface area contributed by atoms with E-state index in [1.165, 1.54) is 23.9 Å². The van der Waals surface area contributed by atoms with Gasteiger partial charge in [-0.1, -0.05) is 64.8 Å². The number of ether oxygens (including phenoxy) is 4. The molecular formula is C45H63N5O11. The van der Waals surface area contributed by atoms with Crippen molar-refractivity contribution in [2.75, 3.05) is 45.7 Å². The minimum Gasteiger partial charge on any atom is -0.445 e. The van der Waals surface area contributed by atoms with Crippen LogP contribution < -0.4 is 16.4 Å². The second-order valence-corrected chi connectivity index (χ2v) is 18.3. The molecule has 4 unspecified atom stereocenters. The van der Waals surface area contributed by atoms with Crippen molar-refractivity contribution in [2.24, 2.45) is 40.2 Å². The fourth-order valence-corrected chi connectivity index (χ4v) is 10.6. The van der Waals surface area contributed by atoms with Crippen molar-refractivity contribution in [3.8, 4) is 0 Å².